The first-order valence-corrected chi connectivity index (χ1v) is 5.76. The summed E-state index contributed by atoms with van der Waals surface area (Å²) >= 11 is 0. The molecule has 18 heavy (non-hydrogen) atoms. The Morgan fingerprint density at radius 3 is 2.94 bits per heavy atom. The van der Waals surface area contributed by atoms with Gasteiger partial charge >= 0.3 is 0 Å². The summed E-state index contributed by atoms with van der Waals surface area (Å²) in [5, 5.41) is 21.9. The molecule has 1 aromatic rings. The summed E-state index contributed by atoms with van der Waals surface area (Å²) in [7, 11) is 0. The first kappa shape index (κ1) is 14.2. The van der Waals surface area contributed by atoms with Crippen LogP contribution >= 0.6 is 0 Å². The fourth-order valence-electron chi connectivity index (χ4n) is 1.46. The zero-order chi connectivity index (χ0) is 13.5. The SMILES string of the molecule is CC(CO)CCCNC(=O)c1cc([N+](=O)[O-])c[nH]1. The maximum atomic E-state index is 11.6. The number of aromatic nitrogens is 1. The monoisotopic (exact) mass is 255 g/mol. The molecule has 1 atom stereocenters. The Morgan fingerprint density at radius 1 is 1.67 bits per heavy atom. The van der Waals surface area contributed by atoms with Gasteiger partial charge in [0.15, 0.2) is 0 Å². The van der Waals surface area contributed by atoms with Crippen molar-refractivity contribution in [2.75, 3.05) is 13.2 Å². The molecule has 0 saturated heterocycles. The molecule has 1 aromatic heterocycles. The van der Waals surface area contributed by atoms with Gasteiger partial charge in [-0.25, -0.2) is 0 Å². The van der Waals surface area contributed by atoms with Gasteiger partial charge in [0.05, 0.1) is 11.1 Å². The van der Waals surface area contributed by atoms with E-state index in [1.165, 1.54) is 12.3 Å². The minimum absolute atomic E-state index is 0.131. The van der Waals surface area contributed by atoms with Crippen LogP contribution < -0.4 is 5.32 Å². The number of carbonyl (C=O) groups is 1. The Kier molecular flexibility index (Phi) is 5.31. The van der Waals surface area contributed by atoms with Crippen molar-refractivity contribution in [3.8, 4) is 0 Å². The van der Waals surface area contributed by atoms with Crippen LogP contribution in [0.15, 0.2) is 12.3 Å². The molecule has 0 aromatic carbocycles. The molecule has 100 valence electrons. The third-order valence-corrected chi connectivity index (χ3v) is 2.59. The maximum absolute atomic E-state index is 11.6. The molecule has 1 amide bonds. The molecule has 0 saturated carbocycles. The molecule has 0 fully saturated rings. The van der Waals surface area contributed by atoms with Crippen molar-refractivity contribution in [3.05, 3.63) is 28.1 Å². The van der Waals surface area contributed by atoms with Crippen LogP contribution in [0.2, 0.25) is 0 Å². The van der Waals surface area contributed by atoms with Gasteiger partial charge in [-0.15, -0.1) is 0 Å². The van der Waals surface area contributed by atoms with Crippen molar-refractivity contribution in [2.24, 2.45) is 5.92 Å². The number of nitro groups is 1. The molecule has 1 heterocycles. The van der Waals surface area contributed by atoms with E-state index >= 15 is 0 Å². The van der Waals surface area contributed by atoms with Crippen molar-refractivity contribution in [1.29, 1.82) is 0 Å². The van der Waals surface area contributed by atoms with Gasteiger partial charge in [0.2, 0.25) is 0 Å². The summed E-state index contributed by atoms with van der Waals surface area (Å²) in [4.78, 5) is 24.0. The summed E-state index contributed by atoms with van der Waals surface area (Å²) in [5.74, 6) is -0.145. The van der Waals surface area contributed by atoms with E-state index < -0.39 is 4.92 Å². The zero-order valence-corrected chi connectivity index (χ0v) is 10.2. The minimum Gasteiger partial charge on any atom is -0.396 e. The first-order valence-electron chi connectivity index (χ1n) is 5.76. The van der Waals surface area contributed by atoms with Crippen LogP contribution in [0.5, 0.6) is 0 Å². The predicted octanol–water partition coefficient (Wildman–Crippen LogP) is 1.06. The van der Waals surface area contributed by atoms with Crippen LogP contribution in [0, 0.1) is 16.0 Å². The van der Waals surface area contributed by atoms with Crippen LogP contribution in [0.1, 0.15) is 30.3 Å². The molecule has 0 bridgehead atoms. The zero-order valence-electron chi connectivity index (χ0n) is 10.2. The lowest BCUT2D eigenvalue weighted by atomic mass is 10.1. The van der Waals surface area contributed by atoms with Crippen molar-refractivity contribution >= 4 is 11.6 Å². The number of aliphatic hydroxyl groups excluding tert-OH is 1. The van der Waals surface area contributed by atoms with E-state index in [2.05, 4.69) is 10.3 Å². The van der Waals surface area contributed by atoms with E-state index in [0.717, 1.165) is 12.8 Å². The van der Waals surface area contributed by atoms with Gasteiger partial charge < -0.3 is 15.4 Å². The molecule has 0 spiro atoms. The third kappa shape index (κ3) is 4.17. The number of rotatable bonds is 7. The Hall–Kier alpha value is -1.89. The second kappa shape index (κ2) is 6.75. The second-order valence-corrected chi connectivity index (χ2v) is 4.21. The van der Waals surface area contributed by atoms with Crippen molar-refractivity contribution in [2.45, 2.75) is 19.8 Å². The number of carbonyl (C=O) groups excluding carboxylic acids is 1. The lowest BCUT2D eigenvalue weighted by Gasteiger charge is -2.07. The molecular formula is C11H17N3O4. The topological polar surface area (TPSA) is 108 Å². The average Bonchev–Trinajstić information content (AvgIpc) is 2.83. The highest BCUT2D eigenvalue weighted by atomic mass is 16.6. The van der Waals surface area contributed by atoms with Gasteiger partial charge in [-0.3, -0.25) is 14.9 Å². The summed E-state index contributed by atoms with van der Waals surface area (Å²) in [6.45, 7) is 2.54. The van der Waals surface area contributed by atoms with Gasteiger partial charge in [-0.1, -0.05) is 6.92 Å². The number of aliphatic hydroxyl groups is 1. The van der Waals surface area contributed by atoms with Gasteiger partial charge in [0, 0.05) is 19.2 Å². The fraction of sp³-hybridized carbons (Fsp3) is 0.545. The lowest BCUT2D eigenvalue weighted by Crippen LogP contribution is -2.25. The summed E-state index contributed by atoms with van der Waals surface area (Å²) in [5.41, 5.74) is 0.0472. The third-order valence-electron chi connectivity index (χ3n) is 2.59. The molecule has 0 aliphatic heterocycles. The standard InChI is InChI=1S/C11H17N3O4/c1-8(7-15)3-2-4-12-11(16)10-5-9(6-13-10)14(17)18/h5-6,8,13,15H,2-4,7H2,1H3,(H,12,16). The number of amides is 1. The summed E-state index contributed by atoms with van der Waals surface area (Å²) < 4.78 is 0. The molecule has 7 nitrogen and oxygen atoms in total. The highest BCUT2D eigenvalue weighted by Crippen LogP contribution is 2.11. The maximum Gasteiger partial charge on any atom is 0.287 e. The quantitative estimate of drug-likeness (QED) is 0.384. The first-order chi connectivity index (χ1) is 8.54. The molecule has 1 unspecified atom stereocenters. The van der Waals surface area contributed by atoms with Crippen LogP contribution in [0.25, 0.3) is 0 Å². The largest absolute Gasteiger partial charge is 0.396 e. The lowest BCUT2D eigenvalue weighted by molar-refractivity contribution is -0.384. The van der Waals surface area contributed by atoms with E-state index in [-0.39, 0.29) is 29.8 Å². The normalized spacial score (nSPS) is 12.1. The van der Waals surface area contributed by atoms with E-state index in [9.17, 15) is 14.9 Å². The van der Waals surface area contributed by atoms with E-state index in [1.54, 1.807) is 0 Å². The molecule has 0 radical (unpaired) electrons. The van der Waals surface area contributed by atoms with Crippen LogP contribution in [0.4, 0.5) is 5.69 Å². The van der Waals surface area contributed by atoms with E-state index in [1.807, 2.05) is 6.92 Å². The van der Waals surface area contributed by atoms with Gasteiger partial charge in [0.25, 0.3) is 11.6 Å². The van der Waals surface area contributed by atoms with Crippen LogP contribution in [0.3, 0.4) is 0 Å². The van der Waals surface area contributed by atoms with Crippen molar-refractivity contribution < 1.29 is 14.8 Å². The Morgan fingerprint density at radius 2 is 2.39 bits per heavy atom. The molecule has 0 aliphatic rings. The molecule has 1 rings (SSSR count). The number of aromatic amines is 1. The highest BCUT2D eigenvalue weighted by Gasteiger charge is 2.13. The minimum atomic E-state index is -0.559. The van der Waals surface area contributed by atoms with Gasteiger partial charge in [-0.2, -0.15) is 0 Å². The summed E-state index contributed by atoms with van der Waals surface area (Å²) in [6.07, 6.45) is 2.76. The number of hydrogen-bond acceptors (Lipinski definition) is 4. The van der Waals surface area contributed by atoms with Gasteiger partial charge in [-0.05, 0) is 18.8 Å². The number of hydrogen-bond donors (Lipinski definition) is 3. The molecular weight excluding hydrogens is 238 g/mol. The Balaban J connectivity index is 2.34. The molecule has 7 heteroatoms. The molecule has 3 N–H and O–H groups in total. The smallest absolute Gasteiger partial charge is 0.287 e. The number of nitrogens with zero attached hydrogens (tertiary/aromatic N) is 1. The second-order valence-electron chi connectivity index (χ2n) is 4.21. The number of nitrogens with one attached hydrogen (secondary N) is 2. The highest BCUT2D eigenvalue weighted by molar-refractivity contribution is 5.93. The molecule has 0 aliphatic carbocycles. The van der Waals surface area contributed by atoms with E-state index in [4.69, 9.17) is 5.11 Å². The van der Waals surface area contributed by atoms with E-state index in [0.29, 0.717) is 6.54 Å². The van der Waals surface area contributed by atoms with Crippen molar-refractivity contribution in [3.63, 3.8) is 0 Å². The van der Waals surface area contributed by atoms with Gasteiger partial charge in [0.1, 0.15) is 5.69 Å². The van der Waals surface area contributed by atoms with Crippen LogP contribution in [-0.4, -0.2) is 34.1 Å². The Bertz CT molecular complexity index is 416. The fourth-order valence-corrected chi connectivity index (χ4v) is 1.46. The number of H-pyrrole nitrogens is 1. The van der Waals surface area contributed by atoms with Crippen LogP contribution in [-0.2, 0) is 0 Å². The van der Waals surface area contributed by atoms with Crippen molar-refractivity contribution in [1.82, 2.24) is 10.3 Å². The predicted molar refractivity (Wildman–Crippen MR) is 65.3 cm³/mol. The average molecular weight is 255 g/mol. The summed E-state index contributed by atoms with van der Waals surface area (Å²) in [6, 6.07) is 1.20. The Labute approximate surface area is 104 Å².